The lowest BCUT2D eigenvalue weighted by atomic mass is 9.92. The highest BCUT2D eigenvalue weighted by molar-refractivity contribution is 5.68. The molecule has 1 unspecified atom stereocenters. The van der Waals surface area contributed by atoms with Crippen LogP contribution >= 0.6 is 0 Å². The van der Waals surface area contributed by atoms with Crippen molar-refractivity contribution < 1.29 is 9.53 Å². The quantitative estimate of drug-likeness (QED) is 0.822. The number of ether oxygens (including phenoxy) is 1. The summed E-state index contributed by atoms with van der Waals surface area (Å²) in [6, 6.07) is 0. The van der Waals surface area contributed by atoms with Gasteiger partial charge in [0.1, 0.15) is 5.60 Å². The van der Waals surface area contributed by atoms with Crippen LogP contribution < -0.4 is 5.73 Å². The average Bonchev–Trinajstić information content (AvgIpc) is 3.06. The summed E-state index contributed by atoms with van der Waals surface area (Å²) in [5.41, 5.74) is 5.30. The summed E-state index contributed by atoms with van der Waals surface area (Å²) in [7, 11) is 0. The minimum atomic E-state index is -0.399. The molecule has 1 aliphatic heterocycles. The molecule has 2 fully saturated rings. The topological polar surface area (TPSA) is 55.6 Å². The van der Waals surface area contributed by atoms with Gasteiger partial charge in [-0.25, -0.2) is 4.79 Å². The number of rotatable bonds is 2. The standard InChI is InChI=1S/C14H26N2O2/c1-14(2,3)18-13(17)16-6-4-5-10(9-16)12-7-11(12)8-15/h10-12H,4-9,15H2,1-3H3/t10?,11-,12-/m0/s1. The van der Waals surface area contributed by atoms with Crippen LogP contribution in [0.15, 0.2) is 0 Å². The maximum Gasteiger partial charge on any atom is 0.410 e. The molecule has 0 aromatic heterocycles. The van der Waals surface area contributed by atoms with E-state index >= 15 is 0 Å². The number of hydrogen-bond acceptors (Lipinski definition) is 3. The number of carbonyl (C=O) groups excluding carboxylic acids is 1. The minimum Gasteiger partial charge on any atom is -0.444 e. The zero-order valence-electron chi connectivity index (χ0n) is 11.8. The molecule has 4 nitrogen and oxygen atoms in total. The molecule has 1 saturated heterocycles. The minimum absolute atomic E-state index is 0.155. The molecular formula is C14H26N2O2. The van der Waals surface area contributed by atoms with Crippen molar-refractivity contribution in [2.24, 2.45) is 23.5 Å². The number of piperidine rings is 1. The number of likely N-dealkylation sites (tertiary alicyclic amines) is 1. The Labute approximate surface area is 110 Å². The first kappa shape index (κ1) is 13.7. The molecule has 1 aliphatic carbocycles. The average molecular weight is 254 g/mol. The third kappa shape index (κ3) is 3.37. The summed E-state index contributed by atoms with van der Waals surface area (Å²) in [5.74, 6) is 2.09. The van der Waals surface area contributed by atoms with E-state index in [4.69, 9.17) is 10.5 Å². The van der Waals surface area contributed by atoms with Crippen molar-refractivity contribution in [3.05, 3.63) is 0 Å². The highest BCUT2D eigenvalue weighted by atomic mass is 16.6. The van der Waals surface area contributed by atoms with Gasteiger partial charge in [-0.05, 0) is 64.3 Å². The van der Waals surface area contributed by atoms with E-state index in [-0.39, 0.29) is 6.09 Å². The van der Waals surface area contributed by atoms with Gasteiger partial charge in [0, 0.05) is 13.1 Å². The van der Waals surface area contributed by atoms with Crippen LogP contribution in [0.3, 0.4) is 0 Å². The van der Waals surface area contributed by atoms with Gasteiger partial charge in [0.25, 0.3) is 0 Å². The third-order valence-corrected chi connectivity index (χ3v) is 4.00. The van der Waals surface area contributed by atoms with Crippen molar-refractivity contribution >= 4 is 6.09 Å². The van der Waals surface area contributed by atoms with Crippen LogP contribution in [0.4, 0.5) is 4.79 Å². The number of nitrogens with zero attached hydrogens (tertiary/aromatic N) is 1. The molecule has 2 rings (SSSR count). The molecule has 3 atom stereocenters. The lowest BCUT2D eigenvalue weighted by Crippen LogP contribution is -2.43. The van der Waals surface area contributed by atoms with Gasteiger partial charge in [0.05, 0.1) is 0 Å². The van der Waals surface area contributed by atoms with Crippen LogP contribution in [-0.4, -0.2) is 36.2 Å². The molecule has 0 spiro atoms. The fraction of sp³-hybridized carbons (Fsp3) is 0.929. The molecule has 1 heterocycles. The van der Waals surface area contributed by atoms with Crippen molar-refractivity contribution in [3.63, 3.8) is 0 Å². The number of amides is 1. The van der Waals surface area contributed by atoms with E-state index in [9.17, 15) is 4.79 Å². The summed E-state index contributed by atoms with van der Waals surface area (Å²) >= 11 is 0. The molecule has 104 valence electrons. The Hall–Kier alpha value is -0.770. The molecule has 1 amide bonds. The zero-order valence-corrected chi connectivity index (χ0v) is 11.8. The monoisotopic (exact) mass is 254 g/mol. The number of nitrogens with two attached hydrogens (primary N) is 1. The van der Waals surface area contributed by atoms with Gasteiger partial charge < -0.3 is 15.4 Å². The largest absolute Gasteiger partial charge is 0.444 e. The molecule has 18 heavy (non-hydrogen) atoms. The lowest BCUT2D eigenvalue weighted by molar-refractivity contribution is 0.0151. The van der Waals surface area contributed by atoms with Crippen molar-refractivity contribution in [1.82, 2.24) is 4.90 Å². The molecule has 0 radical (unpaired) electrons. The second-order valence-corrected chi connectivity index (χ2v) is 6.72. The zero-order chi connectivity index (χ0) is 13.3. The summed E-state index contributed by atoms with van der Waals surface area (Å²) < 4.78 is 5.44. The van der Waals surface area contributed by atoms with Gasteiger partial charge in [-0.1, -0.05) is 0 Å². The van der Waals surface area contributed by atoms with Crippen LogP contribution in [0.1, 0.15) is 40.0 Å². The molecular weight excluding hydrogens is 228 g/mol. The Kier molecular flexibility index (Phi) is 3.85. The highest BCUT2D eigenvalue weighted by Gasteiger charge is 2.43. The second kappa shape index (κ2) is 5.08. The molecule has 0 bridgehead atoms. The van der Waals surface area contributed by atoms with Crippen molar-refractivity contribution in [2.75, 3.05) is 19.6 Å². The second-order valence-electron chi connectivity index (χ2n) is 6.72. The fourth-order valence-corrected chi connectivity index (χ4v) is 2.97. The van der Waals surface area contributed by atoms with Crippen LogP contribution in [-0.2, 0) is 4.74 Å². The van der Waals surface area contributed by atoms with E-state index in [1.54, 1.807) is 0 Å². The Morgan fingerprint density at radius 3 is 2.72 bits per heavy atom. The van der Waals surface area contributed by atoms with Gasteiger partial charge in [-0.3, -0.25) is 0 Å². The first-order valence-electron chi connectivity index (χ1n) is 7.08. The van der Waals surface area contributed by atoms with Crippen LogP contribution in [0.5, 0.6) is 0 Å². The van der Waals surface area contributed by atoms with Gasteiger partial charge in [-0.15, -0.1) is 0 Å². The van der Waals surface area contributed by atoms with Crippen molar-refractivity contribution in [2.45, 2.75) is 45.6 Å². The summed E-state index contributed by atoms with van der Waals surface area (Å²) in [6.45, 7) is 8.24. The SMILES string of the molecule is CC(C)(C)OC(=O)N1CCCC([C@@H]2C[C@H]2CN)C1. The van der Waals surface area contributed by atoms with Gasteiger partial charge in [0.2, 0.25) is 0 Å². The number of hydrogen-bond donors (Lipinski definition) is 1. The number of carbonyl (C=O) groups is 1. The van der Waals surface area contributed by atoms with E-state index < -0.39 is 5.60 Å². The van der Waals surface area contributed by atoms with E-state index in [0.29, 0.717) is 11.8 Å². The predicted molar refractivity (Wildman–Crippen MR) is 71.2 cm³/mol. The maximum absolute atomic E-state index is 12.0. The van der Waals surface area contributed by atoms with Gasteiger partial charge >= 0.3 is 6.09 Å². The first-order chi connectivity index (χ1) is 8.40. The molecule has 2 aliphatic rings. The summed E-state index contributed by atoms with van der Waals surface area (Å²) in [5, 5.41) is 0. The van der Waals surface area contributed by atoms with E-state index in [0.717, 1.165) is 32.0 Å². The van der Waals surface area contributed by atoms with E-state index in [2.05, 4.69) is 0 Å². The normalized spacial score (nSPS) is 32.2. The third-order valence-electron chi connectivity index (χ3n) is 4.00. The smallest absolute Gasteiger partial charge is 0.410 e. The van der Waals surface area contributed by atoms with Crippen LogP contribution in [0.2, 0.25) is 0 Å². The Morgan fingerprint density at radius 2 is 2.17 bits per heavy atom. The first-order valence-corrected chi connectivity index (χ1v) is 7.08. The Balaban J connectivity index is 1.85. The summed E-state index contributed by atoms with van der Waals surface area (Å²) in [4.78, 5) is 13.9. The van der Waals surface area contributed by atoms with Crippen molar-refractivity contribution in [1.29, 1.82) is 0 Å². The molecule has 2 N–H and O–H groups in total. The highest BCUT2D eigenvalue weighted by Crippen LogP contribution is 2.46. The Bertz CT molecular complexity index is 311. The van der Waals surface area contributed by atoms with Gasteiger partial charge in [0.15, 0.2) is 0 Å². The van der Waals surface area contributed by atoms with Crippen LogP contribution in [0, 0.1) is 17.8 Å². The fourth-order valence-electron chi connectivity index (χ4n) is 2.97. The molecule has 4 heteroatoms. The van der Waals surface area contributed by atoms with Gasteiger partial charge in [-0.2, -0.15) is 0 Å². The van der Waals surface area contributed by atoms with E-state index in [1.165, 1.54) is 12.8 Å². The predicted octanol–water partition coefficient (Wildman–Crippen LogP) is 2.23. The molecule has 0 aromatic carbocycles. The maximum atomic E-state index is 12.0. The molecule has 0 aromatic rings. The van der Waals surface area contributed by atoms with Crippen molar-refractivity contribution in [3.8, 4) is 0 Å². The molecule has 1 saturated carbocycles. The van der Waals surface area contributed by atoms with E-state index in [1.807, 2.05) is 25.7 Å². The van der Waals surface area contributed by atoms with Crippen LogP contribution in [0.25, 0.3) is 0 Å². The summed E-state index contributed by atoms with van der Waals surface area (Å²) in [6.07, 6.45) is 3.43. The lowest BCUT2D eigenvalue weighted by Gasteiger charge is -2.34. The Morgan fingerprint density at radius 1 is 1.44 bits per heavy atom.